The average Bonchev–Trinajstić information content (AvgIpc) is 2.82. The predicted molar refractivity (Wildman–Crippen MR) is 146 cm³/mol. The largest absolute Gasteiger partial charge is 0.494 e. The summed E-state index contributed by atoms with van der Waals surface area (Å²) < 4.78 is 5.53. The number of fused-ring (bicyclic) bond motifs is 1. The summed E-state index contributed by atoms with van der Waals surface area (Å²) in [6.07, 6.45) is 0. The second-order valence-electron chi connectivity index (χ2n) is 8.48. The highest BCUT2D eigenvalue weighted by Gasteiger charge is 2.15. The highest BCUT2D eigenvalue weighted by atomic mass is 32.1. The van der Waals surface area contributed by atoms with Crippen LogP contribution in [0.15, 0.2) is 47.3 Å². The lowest BCUT2D eigenvalue weighted by Gasteiger charge is -2.29. The number of aromatic nitrogens is 1. The Morgan fingerprint density at radius 1 is 1.00 bits per heavy atom. The molecule has 0 atom stereocenters. The predicted octanol–water partition coefficient (Wildman–Crippen LogP) is 5.08. The molecule has 0 radical (unpaired) electrons. The van der Waals surface area contributed by atoms with E-state index in [1.54, 1.807) is 0 Å². The second-order valence-corrected chi connectivity index (χ2v) is 8.87. The Kier molecular flexibility index (Phi) is 9.07. The van der Waals surface area contributed by atoms with Crippen molar-refractivity contribution in [2.45, 2.75) is 41.2 Å². The fraction of sp³-hybridized carbons (Fsp3) is 0.407. The van der Waals surface area contributed by atoms with Crippen LogP contribution < -0.4 is 15.6 Å². The first-order valence-corrected chi connectivity index (χ1v) is 12.4. The number of ether oxygens (including phenoxy) is 1. The van der Waals surface area contributed by atoms with Crippen molar-refractivity contribution >= 4 is 33.9 Å². The van der Waals surface area contributed by atoms with Crippen LogP contribution in [-0.4, -0.2) is 52.7 Å². The molecule has 0 saturated heterocycles. The van der Waals surface area contributed by atoms with Crippen molar-refractivity contribution < 1.29 is 4.74 Å². The molecule has 0 spiro atoms. The Balaban J connectivity index is 1.84. The first kappa shape index (κ1) is 25.7. The van der Waals surface area contributed by atoms with Gasteiger partial charge in [-0.05, 0) is 105 Å². The van der Waals surface area contributed by atoms with Gasteiger partial charge in [-0.2, -0.15) is 0 Å². The van der Waals surface area contributed by atoms with E-state index in [9.17, 15) is 4.79 Å². The Hall–Kier alpha value is -2.90. The molecule has 3 rings (SSSR count). The number of anilines is 1. The van der Waals surface area contributed by atoms with Crippen molar-refractivity contribution in [3.8, 4) is 5.75 Å². The maximum absolute atomic E-state index is 12.9. The van der Waals surface area contributed by atoms with Crippen molar-refractivity contribution in [3.63, 3.8) is 0 Å². The molecule has 0 aliphatic rings. The molecule has 2 N–H and O–H groups in total. The van der Waals surface area contributed by atoms with Crippen LogP contribution in [0.1, 0.15) is 37.5 Å². The maximum Gasteiger partial charge on any atom is 0.253 e. The standard InChI is InChI=1S/C27H36N4O2S/c1-6-30(7-2)13-14-31(27(34)28-23-9-11-24(12-10-23)33-8-3)18-22-17-21-15-19(4)20(5)16-25(21)29-26(22)32/h9-12,15-17H,6-8,13-14,18H2,1-5H3,(H,28,34)(H,29,32). The molecule has 0 saturated carbocycles. The van der Waals surface area contributed by atoms with Gasteiger partial charge in [0.25, 0.3) is 5.56 Å². The molecule has 2 aromatic carbocycles. The van der Waals surface area contributed by atoms with Crippen LogP contribution in [0, 0.1) is 13.8 Å². The molecule has 0 unspecified atom stereocenters. The molecule has 0 aliphatic heterocycles. The molecule has 0 bridgehead atoms. The molecule has 1 aromatic heterocycles. The highest BCUT2D eigenvalue weighted by Crippen LogP contribution is 2.19. The lowest BCUT2D eigenvalue weighted by molar-refractivity contribution is 0.266. The van der Waals surface area contributed by atoms with Gasteiger partial charge in [0.15, 0.2) is 5.11 Å². The maximum atomic E-state index is 12.9. The first-order chi connectivity index (χ1) is 16.3. The molecule has 1 heterocycles. The monoisotopic (exact) mass is 480 g/mol. The van der Waals surface area contributed by atoms with Gasteiger partial charge < -0.3 is 24.8 Å². The number of rotatable bonds is 10. The summed E-state index contributed by atoms with van der Waals surface area (Å²) in [6, 6.07) is 13.9. The van der Waals surface area contributed by atoms with Crippen molar-refractivity contribution in [1.29, 1.82) is 0 Å². The van der Waals surface area contributed by atoms with Crippen LogP contribution >= 0.6 is 12.2 Å². The van der Waals surface area contributed by atoms with E-state index in [0.29, 0.717) is 23.8 Å². The number of benzene rings is 2. The number of thiocarbonyl (C=S) groups is 1. The molecule has 182 valence electrons. The zero-order valence-electron chi connectivity index (χ0n) is 20.9. The van der Waals surface area contributed by atoms with Gasteiger partial charge in [0.05, 0.1) is 13.2 Å². The van der Waals surface area contributed by atoms with Crippen LogP contribution in [0.3, 0.4) is 0 Å². The fourth-order valence-corrected chi connectivity index (χ4v) is 4.18. The minimum absolute atomic E-state index is 0.0764. The van der Waals surface area contributed by atoms with Gasteiger partial charge in [0.2, 0.25) is 0 Å². The van der Waals surface area contributed by atoms with E-state index in [0.717, 1.165) is 54.1 Å². The molecule has 0 aliphatic carbocycles. The zero-order chi connectivity index (χ0) is 24.7. The third-order valence-corrected chi connectivity index (χ3v) is 6.54. The van der Waals surface area contributed by atoms with Crippen molar-refractivity contribution in [1.82, 2.24) is 14.8 Å². The summed E-state index contributed by atoms with van der Waals surface area (Å²) in [5, 5.41) is 4.96. The lowest BCUT2D eigenvalue weighted by Crippen LogP contribution is -2.41. The summed E-state index contributed by atoms with van der Waals surface area (Å²) in [7, 11) is 0. The summed E-state index contributed by atoms with van der Waals surface area (Å²) in [5.41, 5.74) is 4.74. The topological polar surface area (TPSA) is 60.6 Å². The fourth-order valence-electron chi connectivity index (χ4n) is 3.90. The molecule has 0 fully saturated rings. The minimum Gasteiger partial charge on any atom is -0.494 e. The van der Waals surface area contributed by atoms with Gasteiger partial charge in [-0.1, -0.05) is 13.8 Å². The Morgan fingerprint density at radius 2 is 1.68 bits per heavy atom. The molecule has 7 heteroatoms. The van der Waals surface area contributed by atoms with Crippen molar-refractivity contribution in [3.05, 3.63) is 69.5 Å². The Bertz CT molecular complexity index is 1170. The minimum atomic E-state index is -0.0764. The zero-order valence-corrected chi connectivity index (χ0v) is 21.7. The van der Waals surface area contributed by atoms with Gasteiger partial charge in [0, 0.05) is 29.9 Å². The Morgan fingerprint density at radius 3 is 2.32 bits per heavy atom. The van der Waals surface area contributed by atoms with E-state index < -0.39 is 0 Å². The van der Waals surface area contributed by atoms with Crippen molar-refractivity contribution in [2.75, 3.05) is 38.1 Å². The lowest BCUT2D eigenvalue weighted by atomic mass is 10.0. The number of pyridine rings is 1. The summed E-state index contributed by atoms with van der Waals surface area (Å²) >= 11 is 5.80. The van der Waals surface area contributed by atoms with Gasteiger partial charge in [-0.15, -0.1) is 0 Å². The average molecular weight is 481 g/mol. The first-order valence-electron chi connectivity index (χ1n) is 12.0. The van der Waals surface area contributed by atoms with Gasteiger partial charge in [-0.3, -0.25) is 4.79 Å². The summed E-state index contributed by atoms with van der Waals surface area (Å²) in [4.78, 5) is 20.4. The summed E-state index contributed by atoms with van der Waals surface area (Å²) in [5.74, 6) is 0.825. The smallest absolute Gasteiger partial charge is 0.253 e. The normalized spacial score (nSPS) is 11.1. The van der Waals surface area contributed by atoms with Crippen LogP contribution in [0.5, 0.6) is 5.75 Å². The van der Waals surface area contributed by atoms with E-state index in [1.807, 2.05) is 43.3 Å². The van der Waals surface area contributed by atoms with E-state index in [4.69, 9.17) is 17.0 Å². The van der Waals surface area contributed by atoms with E-state index in [1.165, 1.54) is 5.56 Å². The number of likely N-dealkylation sites (N-methyl/N-ethyl adjacent to an activating group) is 1. The van der Waals surface area contributed by atoms with Crippen LogP contribution in [0.25, 0.3) is 10.9 Å². The molecule has 0 amide bonds. The van der Waals surface area contributed by atoms with Crippen LogP contribution in [-0.2, 0) is 6.54 Å². The molecular formula is C27H36N4O2S. The quantitative estimate of drug-likeness (QED) is 0.395. The van der Waals surface area contributed by atoms with E-state index in [-0.39, 0.29) is 5.56 Å². The highest BCUT2D eigenvalue weighted by molar-refractivity contribution is 7.80. The van der Waals surface area contributed by atoms with Crippen LogP contribution in [0.2, 0.25) is 0 Å². The molecule has 3 aromatic rings. The number of aromatic amines is 1. The number of H-pyrrole nitrogens is 1. The molecule has 34 heavy (non-hydrogen) atoms. The van der Waals surface area contributed by atoms with Gasteiger partial charge in [-0.25, -0.2) is 0 Å². The molecular weight excluding hydrogens is 444 g/mol. The SMILES string of the molecule is CCOc1ccc(NC(=S)N(CCN(CC)CC)Cc2cc3cc(C)c(C)cc3[nH]c2=O)cc1. The molecule has 6 nitrogen and oxygen atoms in total. The number of nitrogens with zero attached hydrogens (tertiary/aromatic N) is 2. The van der Waals surface area contributed by atoms with E-state index >= 15 is 0 Å². The number of hydrogen-bond donors (Lipinski definition) is 2. The number of hydrogen-bond acceptors (Lipinski definition) is 4. The second kappa shape index (κ2) is 12.0. The number of nitrogens with one attached hydrogen (secondary N) is 2. The summed E-state index contributed by atoms with van der Waals surface area (Å²) in [6.45, 7) is 15.0. The third-order valence-electron chi connectivity index (χ3n) is 6.18. The van der Waals surface area contributed by atoms with Gasteiger partial charge in [0.1, 0.15) is 5.75 Å². The third kappa shape index (κ3) is 6.58. The van der Waals surface area contributed by atoms with Crippen LogP contribution in [0.4, 0.5) is 5.69 Å². The Labute approximate surface area is 207 Å². The van der Waals surface area contributed by atoms with E-state index in [2.05, 4.69) is 53.9 Å². The number of aryl methyl sites for hydroxylation is 2. The van der Waals surface area contributed by atoms with Crippen molar-refractivity contribution in [2.24, 2.45) is 0 Å². The van der Waals surface area contributed by atoms with Gasteiger partial charge >= 0.3 is 0 Å².